The number of benzene rings is 1. The van der Waals surface area contributed by atoms with Crippen molar-refractivity contribution in [2.75, 3.05) is 19.7 Å². The monoisotopic (exact) mass is 303 g/mol. The molecule has 0 saturated carbocycles. The Hall–Kier alpha value is -2.21. The molecule has 0 aliphatic rings. The van der Waals surface area contributed by atoms with E-state index in [0.717, 1.165) is 12.0 Å². The molecule has 1 N–H and O–H groups in total. The molecule has 0 bridgehead atoms. The van der Waals surface area contributed by atoms with Gasteiger partial charge in [0.25, 0.3) is 5.56 Å². The third-order valence-electron chi connectivity index (χ3n) is 3.58. The molecule has 0 aliphatic heterocycles. The second kappa shape index (κ2) is 7.17. The maximum absolute atomic E-state index is 12.5. The number of carbonyl (C=O) groups is 1. The topological polar surface area (TPSA) is 75.4 Å². The van der Waals surface area contributed by atoms with E-state index in [2.05, 4.69) is 4.98 Å². The molecule has 1 aromatic carbocycles. The summed E-state index contributed by atoms with van der Waals surface area (Å²) < 4.78 is 1.32. The Labute approximate surface area is 129 Å². The fraction of sp³-hybridized carbons (Fsp3) is 0.438. The van der Waals surface area contributed by atoms with Gasteiger partial charge in [0, 0.05) is 13.1 Å². The van der Waals surface area contributed by atoms with Gasteiger partial charge < -0.3 is 10.0 Å². The van der Waals surface area contributed by atoms with E-state index in [9.17, 15) is 9.59 Å². The van der Waals surface area contributed by atoms with Gasteiger partial charge in [0.1, 0.15) is 6.54 Å². The van der Waals surface area contributed by atoms with E-state index < -0.39 is 0 Å². The van der Waals surface area contributed by atoms with Crippen LogP contribution in [0.3, 0.4) is 0 Å². The fourth-order valence-electron chi connectivity index (χ4n) is 2.45. The summed E-state index contributed by atoms with van der Waals surface area (Å²) in [6.45, 7) is 4.56. The van der Waals surface area contributed by atoms with Crippen LogP contribution in [0.15, 0.2) is 29.3 Å². The third kappa shape index (κ3) is 3.33. The molecule has 0 fully saturated rings. The first-order valence-corrected chi connectivity index (χ1v) is 7.42. The van der Waals surface area contributed by atoms with Gasteiger partial charge in [-0.3, -0.25) is 14.2 Å². The zero-order valence-corrected chi connectivity index (χ0v) is 13.0. The van der Waals surface area contributed by atoms with Gasteiger partial charge in [-0.1, -0.05) is 19.1 Å². The Bertz CT molecular complexity index is 718. The summed E-state index contributed by atoms with van der Waals surface area (Å²) in [5, 5.41) is 9.54. The highest BCUT2D eigenvalue weighted by Crippen LogP contribution is 2.11. The zero-order chi connectivity index (χ0) is 16.1. The molecule has 6 heteroatoms. The second-order valence-electron chi connectivity index (χ2n) is 5.25. The molecule has 1 amide bonds. The van der Waals surface area contributed by atoms with Gasteiger partial charge in [-0.2, -0.15) is 0 Å². The number of hydrogen-bond acceptors (Lipinski definition) is 4. The highest BCUT2D eigenvalue weighted by molar-refractivity contribution is 5.81. The molecule has 0 atom stereocenters. The van der Waals surface area contributed by atoms with E-state index >= 15 is 0 Å². The van der Waals surface area contributed by atoms with Crippen LogP contribution in [0.5, 0.6) is 0 Å². The van der Waals surface area contributed by atoms with Crippen LogP contribution in [0.1, 0.15) is 18.9 Å². The van der Waals surface area contributed by atoms with Crippen molar-refractivity contribution in [3.05, 3.63) is 40.4 Å². The van der Waals surface area contributed by atoms with Gasteiger partial charge in [0.05, 0.1) is 23.8 Å². The van der Waals surface area contributed by atoms with E-state index in [1.807, 2.05) is 26.0 Å². The standard InChI is InChI=1S/C16H21N3O3/c1-3-7-18(8-9-20)14(21)10-19-11-17-15-12(2)5-4-6-13(15)16(19)22/h4-6,11,20H,3,7-10H2,1-2H3. The minimum Gasteiger partial charge on any atom is -0.395 e. The van der Waals surface area contributed by atoms with Gasteiger partial charge in [0.15, 0.2) is 0 Å². The Morgan fingerprint density at radius 2 is 2.14 bits per heavy atom. The first-order chi connectivity index (χ1) is 10.6. The molecular weight excluding hydrogens is 282 g/mol. The normalized spacial score (nSPS) is 10.9. The number of amides is 1. The smallest absolute Gasteiger partial charge is 0.261 e. The Balaban J connectivity index is 2.30. The van der Waals surface area contributed by atoms with Gasteiger partial charge in [-0.05, 0) is 25.0 Å². The number of hydrogen-bond donors (Lipinski definition) is 1. The molecule has 0 spiro atoms. The minimum absolute atomic E-state index is 0.0598. The molecule has 6 nitrogen and oxygen atoms in total. The fourth-order valence-corrected chi connectivity index (χ4v) is 2.45. The predicted octanol–water partition coefficient (Wildman–Crippen LogP) is 0.936. The van der Waals surface area contributed by atoms with Crippen LogP contribution < -0.4 is 5.56 Å². The number of aliphatic hydroxyl groups excluding tert-OH is 1. The van der Waals surface area contributed by atoms with Gasteiger partial charge in [0.2, 0.25) is 5.91 Å². The Kier molecular flexibility index (Phi) is 5.27. The van der Waals surface area contributed by atoms with Crippen LogP contribution in [0, 0.1) is 6.92 Å². The molecule has 0 aliphatic carbocycles. The van der Waals surface area contributed by atoms with E-state index in [4.69, 9.17) is 5.11 Å². The molecule has 0 saturated heterocycles. The minimum atomic E-state index is -0.220. The number of rotatable bonds is 6. The number of aliphatic hydroxyl groups is 1. The van der Waals surface area contributed by atoms with Crippen molar-refractivity contribution in [1.29, 1.82) is 0 Å². The number of nitrogens with zero attached hydrogens (tertiary/aromatic N) is 3. The summed E-state index contributed by atoms with van der Waals surface area (Å²) in [5.41, 5.74) is 1.38. The SMILES string of the molecule is CCCN(CCO)C(=O)Cn1cnc2c(C)cccc2c1=O. The van der Waals surface area contributed by atoms with Gasteiger partial charge in [-0.25, -0.2) is 4.98 Å². The highest BCUT2D eigenvalue weighted by Gasteiger charge is 2.14. The zero-order valence-electron chi connectivity index (χ0n) is 13.0. The summed E-state index contributed by atoms with van der Waals surface area (Å²) in [6, 6.07) is 5.42. The molecule has 2 rings (SSSR count). The highest BCUT2D eigenvalue weighted by atomic mass is 16.3. The van der Waals surface area contributed by atoms with Crippen molar-refractivity contribution < 1.29 is 9.90 Å². The summed E-state index contributed by atoms with van der Waals surface area (Å²) >= 11 is 0. The molecule has 0 unspecified atom stereocenters. The van der Waals surface area contributed by atoms with Crippen LogP contribution >= 0.6 is 0 Å². The Morgan fingerprint density at radius 1 is 1.36 bits per heavy atom. The lowest BCUT2D eigenvalue weighted by Crippen LogP contribution is -2.38. The molecule has 22 heavy (non-hydrogen) atoms. The number of fused-ring (bicyclic) bond motifs is 1. The first kappa shape index (κ1) is 16.2. The lowest BCUT2D eigenvalue weighted by Gasteiger charge is -2.21. The lowest BCUT2D eigenvalue weighted by atomic mass is 10.1. The molecule has 1 heterocycles. The van der Waals surface area contributed by atoms with Crippen molar-refractivity contribution >= 4 is 16.8 Å². The number of para-hydroxylation sites is 1. The predicted molar refractivity (Wildman–Crippen MR) is 84.7 cm³/mol. The van der Waals surface area contributed by atoms with Crippen molar-refractivity contribution in [1.82, 2.24) is 14.5 Å². The average molecular weight is 303 g/mol. The van der Waals surface area contributed by atoms with Crippen LogP contribution in [0.4, 0.5) is 0 Å². The molecule has 118 valence electrons. The van der Waals surface area contributed by atoms with E-state index in [0.29, 0.717) is 17.4 Å². The molecule has 1 aromatic heterocycles. The summed E-state index contributed by atoms with van der Waals surface area (Å²) in [4.78, 5) is 30.6. The maximum Gasteiger partial charge on any atom is 0.261 e. The van der Waals surface area contributed by atoms with E-state index in [1.54, 1.807) is 11.0 Å². The molecular formula is C16H21N3O3. The molecule has 2 aromatic rings. The lowest BCUT2D eigenvalue weighted by molar-refractivity contribution is -0.132. The van der Waals surface area contributed by atoms with Crippen LogP contribution in [-0.2, 0) is 11.3 Å². The molecule has 0 radical (unpaired) electrons. The van der Waals surface area contributed by atoms with Crippen molar-refractivity contribution in [3.8, 4) is 0 Å². The Morgan fingerprint density at radius 3 is 2.82 bits per heavy atom. The third-order valence-corrected chi connectivity index (χ3v) is 3.58. The van der Waals surface area contributed by atoms with Crippen molar-refractivity contribution in [2.24, 2.45) is 0 Å². The van der Waals surface area contributed by atoms with Gasteiger partial charge in [-0.15, -0.1) is 0 Å². The average Bonchev–Trinajstić information content (AvgIpc) is 2.50. The van der Waals surface area contributed by atoms with Crippen LogP contribution in [-0.4, -0.2) is 45.2 Å². The first-order valence-electron chi connectivity index (χ1n) is 7.42. The van der Waals surface area contributed by atoms with Crippen LogP contribution in [0.25, 0.3) is 10.9 Å². The number of aromatic nitrogens is 2. The summed E-state index contributed by atoms with van der Waals surface area (Å²) in [5.74, 6) is -0.188. The second-order valence-corrected chi connectivity index (χ2v) is 5.25. The number of aryl methyl sites for hydroxylation is 1. The van der Waals surface area contributed by atoms with Crippen molar-refractivity contribution in [2.45, 2.75) is 26.8 Å². The largest absolute Gasteiger partial charge is 0.395 e. The van der Waals surface area contributed by atoms with Gasteiger partial charge >= 0.3 is 0 Å². The maximum atomic E-state index is 12.5. The number of carbonyl (C=O) groups excluding carboxylic acids is 1. The van der Waals surface area contributed by atoms with Crippen molar-refractivity contribution in [3.63, 3.8) is 0 Å². The summed E-state index contributed by atoms with van der Waals surface area (Å²) in [7, 11) is 0. The van der Waals surface area contributed by atoms with E-state index in [1.165, 1.54) is 10.9 Å². The van der Waals surface area contributed by atoms with E-state index in [-0.39, 0.29) is 31.2 Å². The van der Waals surface area contributed by atoms with Crippen LogP contribution in [0.2, 0.25) is 0 Å². The quantitative estimate of drug-likeness (QED) is 0.861. The summed E-state index contributed by atoms with van der Waals surface area (Å²) in [6.07, 6.45) is 2.22.